The molecule has 158 valence electrons. The third kappa shape index (κ3) is 4.99. The van der Waals surface area contributed by atoms with Gasteiger partial charge in [0.05, 0.1) is 6.21 Å². The van der Waals surface area contributed by atoms with E-state index in [2.05, 4.69) is 15.6 Å². The number of aromatic nitrogens is 2. The van der Waals surface area contributed by atoms with Gasteiger partial charge in [-0.1, -0.05) is 30.3 Å². The summed E-state index contributed by atoms with van der Waals surface area (Å²) >= 11 is 0. The van der Waals surface area contributed by atoms with Gasteiger partial charge in [-0.25, -0.2) is 5.43 Å². The molecule has 0 spiro atoms. The van der Waals surface area contributed by atoms with E-state index < -0.39 is 11.8 Å². The number of ether oxygens (including phenoxy) is 3. The maximum atomic E-state index is 12.1. The highest BCUT2D eigenvalue weighted by Crippen LogP contribution is 2.35. The summed E-state index contributed by atoms with van der Waals surface area (Å²) in [5.41, 5.74) is 9.72. The van der Waals surface area contributed by atoms with E-state index >= 15 is 0 Å². The Bertz CT molecular complexity index is 1130. The molecule has 1 aliphatic rings. The summed E-state index contributed by atoms with van der Waals surface area (Å²) in [5.74, 6) is 0.714. The van der Waals surface area contributed by atoms with Crippen molar-refractivity contribution in [2.75, 3.05) is 13.4 Å². The maximum Gasteiger partial charge on any atom is 0.277 e. The Balaban J connectivity index is 1.39. The number of carbonyl (C=O) groups excluding carboxylic acids is 2. The van der Waals surface area contributed by atoms with Gasteiger partial charge in [-0.2, -0.15) is 10.2 Å². The summed E-state index contributed by atoms with van der Waals surface area (Å²) in [6, 6.07) is 14.4. The maximum absolute atomic E-state index is 12.1. The Morgan fingerprint density at radius 1 is 1.19 bits per heavy atom. The van der Waals surface area contributed by atoms with Crippen molar-refractivity contribution >= 4 is 18.0 Å². The first-order chi connectivity index (χ1) is 15.1. The zero-order valence-electron chi connectivity index (χ0n) is 16.4. The van der Waals surface area contributed by atoms with E-state index in [-0.39, 0.29) is 19.9 Å². The molecular formula is C21H19N5O5. The molecule has 0 bridgehead atoms. The van der Waals surface area contributed by atoms with Crippen molar-refractivity contribution in [2.24, 2.45) is 10.8 Å². The van der Waals surface area contributed by atoms with Crippen LogP contribution in [0.3, 0.4) is 0 Å². The number of carbonyl (C=O) groups is 2. The van der Waals surface area contributed by atoms with Crippen LogP contribution in [0.4, 0.5) is 0 Å². The topological polar surface area (TPSA) is 130 Å². The first-order valence-electron chi connectivity index (χ1n) is 9.34. The Hall–Kier alpha value is -4.34. The van der Waals surface area contributed by atoms with Crippen LogP contribution in [0.2, 0.25) is 0 Å². The number of hydrogen-bond donors (Lipinski definition) is 2. The van der Waals surface area contributed by atoms with Crippen molar-refractivity contribution in [1.82, 2.24) is 15.2 Å². The average Bonchev–Trinajstić information content (AvgIpc) is 3.39. The first-order valence-corrected chi connectivity index (χ1v) is 9.34. The second kappa shape index (κ2) is 8.99. The highest BCUT2D eigenvalue weighted by molar-refractivity contribution is 5.89. The van der Waals surface area contributed by atoms with Gasteiger partial charge in [0.1, 0.15) is 18.0 Å². The minimum absolute atomic E-state index is 0.0661. The molecule has 2 aromatic carbocycles. The molecule has 2 amide bonds. The Morgan fingerprint density at radius 2 is 2.00 bits per heavy atom. The van der Waals surface area contributed by atoms with Crippen LogP contribution in [0.1, 0.15) is 5.56 Å². The Kier molecular flexibility index (Phi) is 5.79. The van der Waals surface area contributed by atoms with Crippen LogP contribution in [0.25, 0.3) is 11.3 Å². The number of nitrogens with two attached hydrogens (primary N) is 1. The Labute approximate surface area is 177 Å². The molecule has 3 aromatic rings. The van der Waals surface area contributed by atoms with Crippen LogP contribution in [0, 0.1) is 0 Å². The quantitative estimate of drug-likeness (QED) is 0.416. The summed E-state index contributed by atoms with van der Waals surface area (Å²) in [6.45, 7) is -0.137. The SMILES string of the molecule is NC(=O)Cn1cc(/C=N\NC(=O)COc2ccc3c(c2)OCO3)c(-c2ccccc2)n1. The summed E-state index contributed by atoms with van der Waals surface area (Å²) in [7, 11) is 0. The van der Waals surface area contributed by atoms with E-state index in [4.69, 9.17) is 19.9 Å². The lowest BCUT2D eigenvalue weighted by Gasteiger charge is -2.05. The monoisotopic (exact) mass is 421 g/mol. The highest BCUT2D eigenvalue weighted by Gasteiger charge is 2.14. The molecule has 0 radical (unpaired) electrons. The van der Waals surface area contributed by atoms with Crippen LogP contribution < -0.4 is 25.4 Å². The number of hydrazone groups is 1. The molecule has 0 unspecified atom stereocenters. The number of benzene rings is 2. The molecule has 1 aliphatic heterocycles. The van der Waals surface area contributed by atoms with Gasteiger partial charge in [0, 0.05) is 23.4 Å². The predicted octanol–water partition coefficient (Wildman–Crippen LogP) is 1.29. The van der Waals surface area contributed by atoms with Crippen molar-refractivity contribution in [2.45, 2.75) is 6.54 Å². The number of primary amides is 1. The fourth-order valence-corrected chi connectivity index (χ4v) is 2.91. The minimum atomic E-state index is -0.514. The summed E-state index contributed by atoms with van der Waals surface area (Å²) in [4.78, 5) is 23.3. The zero-order valence-corrected chi connectivity index (χ0v) is 16.4. The average molecular weight is 421 g/mol. The molecule has 1 aromatic heterocycles. The van der Waals surface area contributed by atoms with Crippen molar-refractivity contribution < 1.29 is 23.8 Å². The molecule has 0 aliphatic carbocycles. The predicted molar refractivity (Wildman–Crippen MR) is 111 cm³/mol. The van der Waals surface area contributed by atoms with Gasteiger partial charge in [0.25, 0.3) is 5.91 Å². The summed E-state index contributed by atoms with van der Waals surface area (Å²) < 4.78 is 17.4. The van der Waals surface area contributed by atoms with Gasteiger partial charge >= 0.3 is 0 Å². The Morgan fingerprint density at radius 3 is 2.81 bits per heavy atom. The number of amides is 2. The standard InChI is InChI=1S/C21H19N5O5/c22-19(27)11-26-10-15(21(25-26)14-4-2-1-3-5-14)9-23-24-20(28)12-29-16-6-7-17-18(8-16)31-13-30-17/h1-10H,11-13H2,(H2,22,27)(H,24,28)/b23-9-. The van der Waals surface area contributed by atoms with E-state index in [1.807, 2.05) is 30.3 Å². The number of nitrogens with one attached hydrogen (secondary N) is 1. The van der Waals surface area contributed by atoms with Crippen LogP contribution >= 0.6 is 0 Å². The van der Waals surface area contributed by atoms with Crippen LogP contribution in [-0.2, 0) is 16.1 Å². The minimum Gasteiger partial charge on any atom is -0.484 e. The third-order valence-electron chi connectivity index (χ3n) is 4.26. The molecule has 0 saturated carbocycles. The lowest BCUT2D eigenvalue weighted by Crippen LogP contribution is -2.24. The van der Waals surface area contributed by atoms with E-state index in [9.17, 15) is 9.59 Å². The van der Waals surface area contributed by atoms with Gasteiger partial charge in [0.2, 0.25) is 12.7 Å². The van der Waals surface area contributed by atoms with E-state index in [1.165, 1.54) is 10.9 Å². The highest BCUT2D eigenvalue weighted by atomic mass is 16.7. The molecule has 0 saturated heterocycles. The lowest BCUT2D eigenvalue weighted by molar-refractivity contribution is -0.123. The number of nitrogens with zero attached hydrogens (tertiary/aromatic N) is 3. The van der Waals surface area contributed by atoms with Crippen molar-refractivity contribution in [3.05, 3.63) is 60.3 Å². The van der Waals surface area contributed by atoms with Crippen molar-refractivity contribution in [3.63, 3.8) is 0 Å². The molecule has 10 heteroatoms. The zero-order chi connectivity index (χ0) is 21.6. The van der Waals surface area contributed by atoms with Crippen LogP contribution in [-0.4, -0.2) is 41.2 Å². The number of hydrogen-bond acceptors (Lipinski definition) is 7. The molecule has 0 atom stereocenters. The van der Waals surface area contributed by atoms with Crippen LogP contribution in [0.5, 0.6) is 17.2 Å². The van der Waals surface area contributed by atoms with E-state index in [0.717, 1.165) is 5.56 Å². The van der Waals surface area contributed by atoms with Gasteiger partial charge in [-0.3, -0.25) is 14.3 Å². The summed E-state index contributed by atoms with van der Waals surface area (Å²) in [6.07, 6.45) is 3.08. The molecule has 0 fully saturated rings. The molecular weight excluding hydrogens is 402 g/mol. The fourth-order valence-electron chi connectivity index (χ4n) is 2.91. The summed E-state index contributed by atoms with van der Waals surface area (Å²) in [5, 5.41) is 8.36. The molecule has 10 nitrogen and oxygen atoms in total. The van der Waals surface area contributed by atoms with Crippen molar-refractivity contribution in [3.8, 4) is 28.5 Å². The number of rotatable bonds is 8. The molecule has 2 heterocycles. The third-order valence-corrected chi connectivity index (χ3v) is 4.26. The van der Waals surface area contributed by atoms with E-state index in [1.54, 1.807) is 24.4 Å². The van der Waals surface area contributed by atoms with Gasteiger partial charge in [-0.15, -0.1) is 0 Å². The lowest BCUT2D eigenvalue weighted by atomic mass is 10.1. The van der Waals surface area contributed by atoms with Crippen molar-refractivity contribution in [1.29, 1.82) is 0 Å². The largest absolute Gasteiger partial charge is 0.484 e. The molecule has 31 heavy (non-hydrogen) atoms. The van der Waals surface area contributed by atoms with Gasteiger partial charge < -0.3 is 19.9 Å². The normalized spacial score (nSPS) is 12.1. The van der Waals surface area contributed by atoms with Gasteiger partial charge in [0.15, 0.2) is 18.1 Å². The second-order valence-electron chi connectivity index (χ2n) is 6.56. The smallest absolute Gasteiger partial charge is 0.277 e. The van der Waals surface area contributed by atoms with E-state index in [0.29, 0.717) is 28.5 Å². The fraction of sp³-hybridized carbons (Fsp3) is 0.143. The second-order valence-corrected chi connectivity index (χ2v) is 6.56. The number of fused-ring (bicyclic) bond motifs is 1. The molecule has 4 rings (SSSR count). The van der Waals surface area contributed by atoms with Crippen LogP contribution in [0.15, 0.2) is 59.8 Å². The molecule has 3 N–H and O–H groups in total. The van der Waals surface area contributed by atoms with Gasteiger partial charge in [-0.05, 0) is 12.1 Å². The first kappa shape index (κ1) is 20.0.